The topological polar surface area (TPSA) is 90.4 Å². The van der Waals surface area contributed by atoms with Gasteiger partial charge < -0.3 is 10.5 Å². The van der Waals surface area contributed by atoms with Crippen LogP contribution >= 0.6 is 23.2 Å². The SMILES string of the molecule is COc1c(Cl)cc(Cl)cc1C(N)C(=O)NN. The highest BCUT2D eigenvalue weighted by Gasteiger charge is 2.21. The molecule has 1 atom stereocenters. The van der Waals surface area contributed by atoms with Gasteiger partial charge in [-0.25, -0.2) is 5.84 Å². The van der Waals surface area contributed by atoms with Crippen LogP contribution in [0.25, 0.3) is 0 Å². The number of nitrogens with one attached hydrogen (secondary N) is 1. The Morgan fingerprint density at radius 3 is 2.62 bits per heavy atom. The van der Waals surface area contributed by atoms with Crippen LogP contribution < -0.4 is 21.7 Å². The number of rotatable bonds is 3. The summed E-state index contributed by atoms with van der Waals surface area (Å²) in [6.07, 6.45) is 0. The van der Waals surface area contributed by atoms with Crippen molar-refractivity contribution in [2.45, 2.75) is 6.04 Å². The molecule has 0 saturated carbocycles. The molecule has 0 bridgehead atoms. The van der Waals surface area contributed by atoms with E-state index in [0.717, 1.165) is 0 Å². The molecule has 16 heavy (non-hydrogen) atoms. The number of benzene rings is 1. The van der Waals surface area contributed by atoms with Crippen molar-refractivity contribution < 1.29 is 9.53 Å². The summed E-state index contributed by atoms with van der Waals surface area (Å²) >= 11 is 11.7. The van der Waals surface area contributed by atoms with E-state index < -0.39 is 11.9 Å². The molecule has 7 heteroatoms. The van der Waals surface area contributed by atoms with Gasteiger partial charge in [-0.3, -0.25) is 10.2 Å². The average molecular weight is 264 g/mol. The minimum Gasteiger partial charge on any atom is -0.495 e. The zero-order valence-corrected chi connectivity index (χ0v) is 9.97. The maximum atomic E-state index is 11.3. The molecule has 5 N–H and O–H groups in total. The molecule has 0 aromatic heterocycles. The first-order chi connectivity index (χ1) is 7.51. The lowest BCUT2D eigenvalue weighted by atomic mass is 10.1. The molecule has 1 aromatic carbocycles. The van der Waals surface area contributed by atoms with E-state index in [0.29, 0.717) is 16.3 Å². The molecule has 0 heterocycles. The van der Waals surface area contributed by atoms with Crippen molar-refractivity contribution >= 4 is 29.1 Å². The molecule has 5 nitrogen and oxygen atoms in total. The number of nitrogens with two attached hydrogens (primary N) is 2. The number of carbonyl (C=O) groups is 1. The summed E-state index contributed by atoms with van der Waals surface area (Å²) in [5.41, 5.74) is 8.00. The minimum absolute atomic E-state index is 0.283. The van der Waals surface area contributed by atoms with E-state index in [9.17, 15) is 4.79 Å². The quantitative estimate of drug-likeness (QED) is 0.431. The normalized spacial score (nSPS) is 12.1. The first kappa shape index (κ1) is 13.1. The Morgan fingerprint density at radius 1 is 1.50 bits per heavy atom. The van der Waals surface area contributed by atoms with Crippen molar-refractivity contribution in [2.24, 2.45) is 11.6 Å². The van der Waals surface area contributed by atoms with Gasteiger partial charge in [0, 0.05) is 10.6 Å². The predicted octanol–water partition coefficient (Wildman–Crippen LogP) is 0.992. The highest BCUT2D eigenvalue weighted by atomic mass is 35.5. The summed E-state index contributed by atoms with van der Waals surface area (Å²) in [4.78, 5) is 11.3. The molecule has 0 fully saturated rings. The lowest BCUT2D eigenvalue weighted by Gasteiger charge is -2.15. The van der Waals surface area contributed by atoms with E-state index in [1.807, 2.05) is 5.43 Å². The standard InChI is InChI=1S/C9H11Cl2N3O2/c1-16-8-5(7(12)9(15)14-13)2-4(10)3-6(8)11/h2-3,7H,12-13H2,1H3,(H,14,15). The van der Waals surface area contributed by atoms with Gasteiger partial charge in [-0.05, 0) is 12.1 Å². The summed E-state index contributed by atoms with van der Waals surface area (Å²) in [5.74, 6) is 4.74. The Bertz CT molecular complexity index is 412. The third-order valence-electron chi connectivity index (χ3n) is 2.00. The van der Waals surface area contributed by atoms with Crippen LogP contribution in [0.3, 0.4) is 0 Å². The van der Waals surface area contributed by atoms with Crippen LogP contribution in [0.4, 0.5) is 0 Å². The number of methoxy groups -OCH3 is 1. The number of halogens is 2. The van der Waals surface area contributed by atoms with Crippen molar-refractivity contribution in [3.63, 3.8) is 0 Å². The van der Waals surface area contributed by atoms with Crippen LogP contribution in [0.15, 0.2) is 12.1 Å². The van der Waals surface area contributed by atoms with Crippen LogP contribution in [0.5, 0.6) is 5.75 Å². The second-order valence-corrected chi connectivity index (χ2v) is 3.84. The van der Waals surface area contributed by atoms with E-state index in [4.69, 9.17) is 39.5 Å². The minimum atomic E-state index is -0.990. The number of ether oxygens (including phenoxy) is 1. The van der Waals surface area contributed by atoms with Crippen LogP contribution in [0.1, 0.15) is 11.6 Å². The molecule has 0 spiro atoms. The number of amides is 1. The van der Waals surface area contributed by atoms with Crippen LogP contribution in [0, 0.1) is 0 Å². The first-order valence-electron chi connectivity index (χ1n) is 4.30. The van der Waals surface area contributed by atoms with Crippen LogP contribution in [-0.4, -0.2) is 13.0 Å². The Morgan fingerprint density at radius 2 is 2.12 bits per heavy atom. The highest BCUT2D eigenvalue weighted by Crippen LogP contribution is 2.34. The fourth-order valence-corrected chi connectivity index (χ4v) is 1.84. The molecule has 0 aliphatic heterocycles. The van der Waals surface area contributed by atoms with Gasteiger partial charge in [-0.15, -0.1) is 0 Å². The van der Waals surface area contributed by atoms with Gasteiger partial charge in [-0.1, -0.05) is 23.2 Å². The van der Waals surface area contributed by atoms with Crippen molar-refractivity contribution in [1.29, 1.82) is 0 Å². The average Bonchev–Trinajstić information content (AvgIpc) is 2.26. The van der Waals surface area contributed by atoms with E-state index in [1.165, 1.54) is 19.2 Å². The maximum absolute atomic E-state index is 11.3. The molecular weight excluding hydrogens is 253 g/mol. The molecular formula is C9H11Cl2N3O2. The molecule has 88 valence electrons. The third kappa shape index (κ3) is 2.56. The number of carbonyl (C=O) groups excluding carboxylic acids is 1. The van der Waals surface area contributed by atoms with Gasteiger partial charge in [0.2, 0.25) is 0 Å². The smallest absolute Gasteiger partial charge is 0.255 e. The Hall–Kier alpha value is -1.01. The molecule has 0 aliphatic rings. The molecule has 1 aromatic rings. The Kier molecular flexibility index (Phi) is 4.37. The summed E-state index contributed by atoms with van der Waals surface area (Å²) in [7, 11) is 1.42. The fourth-order valence-electron chi connectivity index (χ4n) is 1.26. The summed E-state index contributed by atoms with van der Waals surface area (Å²) in [5, 5.41) is 0.645. The maximum Gasteiger partial charge on any atom is 0.255 e. The van der Waals surface area contributed by atoms with Crippen molar-refractivity contribution in [3.8, 4) is 5.75 Å². The molecule has 0 radical (unpaired) electrons. The molecule has 1 amide bonds. The fraction of sp³-hybridized carbons (Fsp3) is 0.222. The Labute approximate surface area is 103 Å². The second kappa shape index (κ2) is 5.36. The van der Waals surface area contributed by atoms with E-state index >= 15 is 0 Å². The van der Waals surface area contributed by atoms with Gasteiger partial charge in [0.15, 0.2) is 0 Å². The highest BCUT2D eigenvalue weighted by molar-refractivity contribution is 6.35. The lowest BCUT2D eigenvalue weighted by molar-refractivity contribution is -0.122. The van der Waals surface area contributed by atoms with Crippen molar-refractivity contribution in [3.05, 3.63) is 27.7 Å². The monoisotopic (exact) mass is 263 g/mol. The van der Waals surface area contributed by atoms with Gasteiger partial charge >= 0.3 is 0 Å². The van der Waals surface area contributed by atoms with Gasteiger partial charge in [0.05, 0.1) is 12.1 Å². The third-order valence-corrected chi connectivity index (χ3v) is 2.50. The van der Waals surface area contributed by atoms with Crippen molar-refractivity contribution in [1.82, 2.24) is 5.43 Å². The van der Waals surface area contributed by atoms with E-state index in [1.54, 1.807) is 0 Å². The zero-order valence-electron chi connectivity index (χ0n) is 8.46. The second-order valence-electron chi connectivity index (χ2n) is 3.00. The molecule has 0 aliphatic carbocycles. The van der Waals surface area contributed by atoms with Crippen LogP contribution in [-0.2, 0) is 4.79 Å². The van der Waals surface area contributed by atoms with Gasteiger partial charge in [0.25, 0.3) is 5.91 Å². The van der Waals surface area contributed by atoms with Crippen molar-refractivity contribution in [2.75, 3.05) is 7.11 Å². The largest absolute Gasteiger partial charge is 0.495 e. The molecule has 1 rings (SSSR count). The van der Waals surface area contributed by atoms with Gasteiger partial charge in [-0.2, -0.15) is 0 Å². The van der Waals surface area contributed by atoms with Crippen LogP contribution in [0.2, 0.25) is 10.0 Å². The predicted molar refractivity (Wildman–Crippen MR) is 62.3 cm³/mol. The number of hydrogen-bond acceptors (Lipinski definition) is 4. The van der Waals surface area contributed by atoms with E-state index in [2.05, 4.69) is 0 Å². The van der Waals surface area contributed by atoms with Gasteiger partial charge in [0.1, 0.15) is 11.8 Å². The van der Waals surface area contributed by atoms with E-state index in [-0.39, 0.29) is 5.02 Å². The summed E-state index contributed by atoms with van der Waals surface area (Å²) in [6, 6.07) is 2.01. The molecule has 1 unspecified atom stereocenters. The summed E-state index contributed by atoms with van der Waals surface area (Å²) in [6.45, 7) is 0. The number of hydrazine groups is 1. The molecule has 0 saturated heterocycles. The first-order valence-corrected chi connectivity index (χ1v) is 5.05. The lowest BCUT2D eigenvalue weighted by Crippen LogP contribution is -2.38. The zero-order chi connectivity index (χ0) is 12.3. The number of hydrogen-bond donors (Lipinski definition) is 3. The summed E-state index contributed by atoms with van der Waals surface area (Å²) < 4.78 is 5.06. The Balaban J connectivity index is 3.25.